The number of aliphatic carboxylic acids is 1. The molecule has 0 spiro atoms. The molecule has 0 radical (unpaired) electrons. The number of aromatic nitrogens is 2. The fourth-order valence-electron chi connectivity index (χ4n) is 4.58. The molecule has 1 aromatic rings. The summed E-state index contributed by atoms with van der Waals surface area (Å²) in [6.07, 6.45) is 3.22. The topological polar surface area (TPSA) is 98.5 Å². The third-order valence-corrected chi connectivity index (χ3v) is 5.87. The van der Waals surface area contributed by atoms with Crippen LogP contribution in [0.5, 0.6) is 0 Å². The molecule has 4 aliphatic rings. The SMILES string of the molecule is C[C@@H]([O-])[C@H]1C(=O)N2C(C(=O)O)=C(c3ccc4nc5cn(C)ccc-5c4c3)C[C@H]12.[Na+]. The van der Waals surface area contributed by atoms with Crippen molar-refractivity contribution in [3.05, 3.63) is 47.9 Å². The number of aryl methyl sites for hydroxylation is 1. The van der Waals surface area contributed by atoms with E-state index in [0.29, 0.717) is 12.0 Å². The van der Waals surface area contributed by atoms with E-state index in [0.717, 1.165) is 27.7 Å². The number of nitrogens with zero attached hydrogens (tertiary/aromatic N) is 3. The summed E-state index contributed by atoms with van der Waals surface area (Å²) in [5.74, 6) is -2.17. The van der Waals surface area contributed by atoms with Crippen LogP contribution in [0, 0.1) is 5.92 Å². The average Bonchev–Trinajstić information content (AvgIpc) is 3.15. The minimum absolute atomic E-state index is 0. The van der Waals surface area contributed by atoms with Crippen molar-refractivity contribution < 1.29 is 49.4 Å². The molecule has 1 amide bonds. The summed E-state index contributed by atoms with van der Waals surface area (Å²) >= 11 is 0. The maximum Gasteiger partial charge on any atom is 1.00 e. The number of hydrogen-bond acceptors (Lipinski definition) is 4. The maximum absolute atomic E-state index is 12.4. The van der Waals surface area contributed by atoms with Gasteiger partial charge in [0.05, 0.1) is 17.3 Å². The Hall–Kier alpha value is -2.19. The number of carboxylic acids is 1. The van der Waals surface area contributed by atoms with Crippen molar-refractivity contribution in [1.29, 1.82) is 0 Å². The minimum Gasteiger partial charge on any atom is -0.852 e. The van der Waals surface area contributed by atoms with Crippen LogP contribution in [0.3, 0.4) is 0 Å². The number of benzene rings is 1. The van der Waals surface area contributed by atoms with Crippen molar-refractivity contribution >= 4 is 28.4 Å². The van der Waals surface area contributed by atoms with Gasteiger partial charge < -0.3 is 19.7 Å². The van der Waals surface area contributed by atoms with E-state index < -0.39 is 18.0 Å². The molecule has 0 saturated carbocycles. The van der Waals surface area contributed by atoms with Gasteiger partial charge in [-0.05, 0) is 35.8 Å². The summed E-state index contributed by atoms with van der Waals surface area (Å²) in [5.41, 5.74) is 4.07. The third-order valence-electron chi connectivity index (χ3n) is 5.87. The molecule has 4 heterocycles. The van der Waals surface area contributed by atoms with Gasteiger partial charge in [-0.2, -0.15) is 0 Å². The summed E-state index contributed by atoms with van der Waals surface area (Å²) in [6, 6.07) is 7.29. The van der Waals surface area contributed by atoms with Crippen molar-refractivity contribution in [1.82, 2.24) is 14.5 Å². The number of amides is 1. The van der Waals surface area contributed by atoms with Gasteiger partial charge >= 0.3 is 35.5 Å². The second kappa shape index (κ2) is 6.95. The Morgan fingerprint density at radius 2 is 2.10 bits per heavy atom. The van der Waals surface area contributed by atoms with Gasteiger partial charge in [-0.15, -0.1) is 6.10 Å². The quantitative estimate of drug-likeness (QED) is 0.425. The van der Waals surface area contributed by atoms with Crippen molar-refractivity contribution in [3.63, 3.8) is 0 Å². The third kappa shape index (κ3) is 2.84. The van der Waals surface area contributed by atoms with E-state index in [-0.39, 0.29) is 47.2 Å². The predicted molar refractivity (Wildman–Crippen MR) is 100 cm³/mol. The van der Waals surface area contributed by atoms with E-state index in [1.54, 1.807) is 0 Å². The molecule has 3 atom stereocenters. The van der Waals surface area contributed by atoms with Gasteiger partial charge in [-0.1, -0.05) is 13.0 Å². The summed E-state index contributed by atoms with van der Waals surface area (Å²) in [6.45, 7) is 1.46. The number of carboxylic acid groups (broad SMARTS) is 1. The fourth-order valence-corrected chi connectivity index (χ4v) is 4.58. The smallest absolute Gasteiger partial charge is 0.852 e. The Morgan fingerprint density at radius 1 is 1.34 bits per heavy atom. The fraction of sp³-hybridized carbons (Fsp3) is 0.286. The zero-order chi connectivity index (χ0) is 19.7. The number of carbonyl (C=O) groups is 2. The van der Waals surface area contributed by atoms with Gasteiger partial charge in [0.1, 0.15) is 5.70 Å². The summed E-state index contributed by atoms with van der Waals surface area (Å²) in [5, 5.41) is 22.6. The van der Waals surface area contributed by atoms with Gasteiger partial charge in [0.2, 0.25) is 5.91 Å². The van der Waals surface area contributed by atoms with Crippen molar-refractivity contribution in [2.45, 2.75) is 25.5 Å². The molecule has 0 aliphatic carbocycles. The zero-order valence-electron chi connectivity index (χ0n) is 16.4. The van der Waals surface area contributed by atoms with Gasteiger partial charge in [0, 0.05) is 36.3 Å². The number of hydrogen-bond donors (Lipinski definition) is 1. The van der Waals surface area contributed by atoms with Gasteiger partial charge in [-0.3, -0.25) is 4.79 Å². The molecule has 5 rings (SSSR count). The minimum atomic E-state index is -1.14. The number of β-lactam (4-membered cyclic amide) rings is 1. The van der Waals surface area contributed by atoms with Crippen molar-refractivity contribution in [2.24, 2.45) is 13.0 Å². The van der Waals surface area contributed by atoms with Gasteiger partial charge in [0.25, 0.3) is 0 Å². The Labute approximate surface area is 189 Å². The van der Waals surface area contributed by atoms with E-state index in [9.17, 15) is 19.8 Å². The van der Waals surface area contributed by atoms with E-state index in [1.165, 1.54) is 11.8 Å². The molecule has 0 aromatic heterocycles. The van der Waals surface area contributed by atoms with Crippen LogP contribution in [0.15, 0.2) is 42.4 Å². The van der Waals surface area contributed by atoms with Crippen LogP contribution in [0.25, 0.3) is 27.7 Å². The number of rotatable bonds is 3. The van der Waals surface area contributed by atoms with Crippen LogP contribution >= 0.6 is 0 Å². The predicted octanol–water partition coefficient (Wildman–Crippen LogP) is -1.54. The molecular formula is C21H18N3NaO4. The second-order valence-electron chi connectivity index (χ2n) is 7.60. The molecule has 1 N–H and O–H groups in total. The molecule has 7 nitrogen and oxygen atoms in total. The van der Waals surface area contributed by atoms with Crippen LogP contribution < -0.4 is 34.7 Å². The zero-order valence-corrected chi connectivity index (χ0v) is 18.4. The van der Waals surface area contributed by atoms with Crippen LogP contribution in [0.2, 0.25) is 0 Å². The normalized spacial score (nSPS) is 21.9. The molecular weight excluding hydrogens is 381 g/mol. The molecule has 4 aliphatic heterocycles. The first-order valence-electron chi connectivity index (χ1n) is 9.18. The van der Waals surface area contributed by atoms with Crippen molar-refractivity contribution in [2.75, 3.05) is 0 Å². The monoisotopic (exact) mass is 399 g/mol. The molecule has 0 unspecified atom stereocenters. The van der Waals surface area contributed by atoms with Crippen molar-refractivity contribution in [3.8, 4) is 11.3 Å². The van der Waals surface area contributed by atoms with Crippen LogP contribution in [0.4, 0.5) is 0 Å². The molecule has 142 valence electrons. The summed E-state index contributed by atoms with van der Waals surface area (Å²) < 4.78 is 1.93. The van der Waals surface area contributed by atoms with E-state index in [4.69, 9.17) is 0 Å². The molecule has 1 aromatic carbocycles. The van der Waals surface area contributed by atoms with E-state index in [1.807, 2.05) is 48.3 Å². The number of fused-ring (bicyclic) bond motifs is 4. The van der Waals surface area contributed by atoms with E-state index >= 15 is 0 Å². The van der Waals surface area contributed by atoms with E-state index in [2.05, 4.69) is 4.98 Å². The molecule has 8 heteroatoms. The Morgan fingerprint density at radius 3 is 2.79 bits per heavy atom. The molecule has 0 bridgehead atoms. The van der Waals surface area contributed by atoms with Crippen LogP contribution in [0.1, 0.15) is 18.9 Å². The second-order valence-corrected chi connectivity index (χ2v) is 7.60. The molecule has 1 fully saturated rings. The first kappa shape index (κ1) is 20.1. The first-order chi connectivity index (χ1) is 13.4. The van der Waals surface area contributed by atoms with Crippen LogP contribution in [-0.4, -0.2) is 43.6 Å². The van der Waals surface area contributed by atoms with Gasteiger partial charge in [0.15, 0.2) is 0 Å². The number of carbonyl (C=O) groups excluding carboxylic acids is 1. The summed E-state index contributed by atoms with van der Waals surface area (Å²) in [4.78, 5) is 30.2. The largest absolute Gasteiger partial charge is 1.00 e. The maximum atomic E-state index is 12.4. The molecule has 29 heavy (non-hydrogen) atoms. The van der Waals surface area contributed by atoms with Gasteiger partial charge in [-0.25, -0.2) is 9.78 Å². The molecule has 1 saturated heterocycles. The Bertz CT molecular complexity index is 1170. The first-order valence-corrected chi connectivity index (χ1v) is 9.18. The Kier molecular flexibility index (Phi) is 4.82. The Balaban J connectivity index is 0.00000205. The number of pyridine rings is 1. The standard InChI is InChI=1S/C21H18N3O4.Na/c1-10(25)18-17-8-13(19(21(27)28)24(17)20(18)26)11-3-4-15-14(7-11)12-5-6-23(2)9-16(12)22-15;/h3-7,9-10,17-18H,8H2,1-2H3,(H,27,28);/q-1;+1/t10-,17-,18-;/m1./s1. The average molecular weight is 399 g/mol. The summed E-state index contributed by atoms with van der Waals surface area (Å²) in [7, 11) is 1.93. The van der Waals surface area contributed by atoms with Crippen LogP contribution in [-0.2, 0) is 16.6 Å².